The molecule has 2 aromatic heterocycles. The fourth-order valence-corrected chi connectivity index (χ4v) is 1.57. The van der Waals surface area contributed by atoms with Crippen molar-refractivity contribution in [2.75, 3.05) is 30.8 Å². The molecule has 2 heterocycles. The first-order chi connectivity index (χ1) is 10.1. The maximum absolute atomic E-state index is 5.66. The van der Waals surface area contributed by atoms with Crippen LogP contribution < -0.4 is 11.1 Å². The monoisotopic (exact) mass is 292 g/mol. The van der Waals surface area contributed by atoms with E-state index in [1.165, 1.54) is 17.3 Å². The van der Waals surface area contributed by atoms with Crippen molar-refractivity contribution in [3.05, 3.63) is 12.7 Å². The van der Waals surface area contributed by atoms with Gasteiger partial charge in [0.15, 0.2) is 0 Å². The summed E-state index contributed by atoms with van der Waals surface area (Å²) in [6, 6.07) is 0. The van der Waals surface area contributed by atoms with E-state index in [9.17, 15) is 0 Å². The second kappa shape index (κ2) is 7.48. The van der Waals surface area contributed by atoms with Crippen LogP contribution in [0.4, 0.5) is 11.9 Å². The van der Waals surface area contributed by atoms with E-state index in [-0.39, 0.29) is 5.95 Å². The van der Waals surface area contributed by atoms with Gasteiger partial charge in [-0.25, -0.2) is 4.98 Å². The number of aromatic nitrogens is 6. The Kier molecular flexibility index (Phi) is 5.38. The first-order valence-corrected chi connectivity index (χ1v) is 6.83. The molecule has 0 spiro atoms. The van der Waals surface area contributed by atoms with E-state index >= 15 is 0 Å². The van der Waals surface area contributed by atoms with Crippen LogP contribution in [0.15, 0.2) is 12.7 Å². The zero-order valence-electron chi connectivity index (χ0n) is 12.2. The predicted octanol–water partition coefficient (Wildman–Crippen LogP) is 0.509. The van der Waals surface area contributed by atoms with Crippen molar-refractivity contribution >= 4 is 11.9 Å². The van der Waals surface area contributed by atoms with Crippen LogP contribution in [0, 0.1) is 5.92 Å². The molecule has 0 aliphatic carbocycles. The Hall–Kier alpha value is -2.29. The summed E-state index contributed by atoms with van der Waals surface area (Å²) in [5, 5.41) is 7.05. The second-order valence-corrected chi connectivity index (χ2v) is 4.91. The highest BCUT2D eigenvalue weighted by atomic mass is 16.5. The molecular weight excluding hydrogens is 272 g/mol. The molecule has 0 aromatic carbocycles. The van der Waals surface area contributed by atoms with Crippen molar-refractivity contribution in [1.82, 2.24) is 29.7 Å². The highest BCUT2D eigenvalue weighted by Gasteiger charge is 2.06. The van der Waals surface area contributed by atoms with Gasteiger partial charge in [0.2, 0.25) is 11.9 Å². The summed E-state index contributed by atoms with van der Waals surface area (Å²) in [6.45, 7) is 6.41. The average Bonchev–Trinajstić information content (AvgIpc) is 2.96. The molecule has 0 aliphatic heterocycles. The van der Waals surface area contributed by atoms with Gasteiger partial charge in [0.1, 0.15) is 12.7 Å². The Morgan fingerprint density at radius 2 is 2.19 bits per heavy atom. The number of nitrogens with zero attached hydrogens (tertiary/aromatic N) is 6. The van der Waals surface area contributed by atoms with E-state index in [1.807, 2.05) is 0 Å². The lowest BCUT2D eigenvalue weighted by atomic mass is 10.2. The van der Waals surface area contributed by atoms with E-state index < -0.39 is 0 Å². The normalized spacial score (nSPS) is 11.0. The number of nitrogen functional groups attached to an aromatic ring is 1. The lowest BCUT2D eigenvalue weighted by Crippen LogP contribution is -2.13. The van der Waals surface area contributed by atoms with Crippen molar-refractivity contribution in [3.63, 3.8) is 0 Å². The summed E-state index contributed by atoms with van der Waals surface area (Å²) in [6.07, 6.45) is 3.76. The first-order valence-electron chi connectivity index (χ1n) is 6.83. The number of hydrogen-bond donors (Lipinski definition) is 2. The number of nitrogens with two attached hydrogens (primary N) is 1. The van der Waals surface area contributed by atoms with Crippen LogP contribution in [0.25, 0.3) is 5.95 Å². The van der Waals surface area contributed by atoms with Gasteiger partial charge >= 0.3 is 0 Å². The lowest BCUT2D eigenvalue weighted by molar-refractivity contribution is 0.110. The third-order valence-corrected chi connectivity index (χ3v) is 2.46. The van der Waals surface area contributed by atoms with Crippen LogP contribution in [-0.2, 0) is 4.74 Å². The molecule has 0 atom stereocenters. The van der Waals surface area contributed by atoms with Crippen LogP contribution in [0.3, 0.4) is 0 Å². The molecule has 0 bridgehead atoms. The molecule has 21 heavy (non-hydrogen) atoms. The Morgan fingerprint density at radius 3 is 2.90 bits per heavy atom. The standard InChI is InChI=1S/C12H20N8O/c1-9(2)6-21-5-3-4-15-11-17-10(13)18-12(19-11)20-8-14-7-16-20/h7-9H,3-6H2,1-2H3,(H3,13,15,17,18,19). The van der Waals surface area contributed by atoms with E-state index in [0.29, 0.717) is 31.0 Å². The molecule has 0 fully saturated rings. The number of ether oxygens (including phenoxy) is 1. The molecule has 0 radical (unpaired) electrons. The minimum atomic E-state index is 0.133. The molecule has 2 aromatic rings. The summed E-state index contributed by atoms with van der Waals surface area (Å²) >= 11 is 0. The van der Waals surface area contributed by atoms with E-state index in [4.69, 9.17) is 10.5 Å². The molecule has 0 saturated heterocycles. The van der Waals surface area contributed by atoms with Crippen LogP contribution in [-0.4, -0.2) is 49.5 Å². The topological polar surface area (TPSA) is 117 Å². The van der Waals surface area contributed by atoms with Gasteiger partial charge in [-0.05, 0) is 12.3 Å². The van der Waals surface area contributed by atoms with Gasteiger partial charge in [0, 0.05) is 19.8 Å². The van der Waals surface area contributed by atoms with E-state index in [1.54, 1.807) is 0 Å². The van der Waals surface area contributed by atoms with Crippen LogP contribution >= 0.6 is 0 Å². The number of rotatable bonds is 8. The number of nitrogens with one attached hydrogen (secondary N) is 1. The zero-order chi connectivity index (χ0) is 15.1. The Bertz CT molecular complexity index is 542. The van der Waals surface area contributed by atoms with Gasteiger partial charge < -0.3 is 15.8 Å². The zero-order valence-corrected chi connectivity index (χ0v) is 12.2. The van der Waals surface area contributed by atoms with Crippen LogP contribution in [0.2, 0.25) is 0 Å². The van der Waals surface area contributed by atoms with Crippen molar-refractivity contribution in [2.45, 2.75) is 20.3 Å². The van der Waals surface area contributed by atoms with Gasteiger partial charge in [-0.1, -0.05) is 13.8 Å². The summed E-state index contributed by atoms with van der Waals surface area (Å²) in [5.41, 5.74) is 5.66. The molecule has 0 amide bonds. The number of hydrogen-bond acceptors (Lipinski definition) is 8. The molecular formula is C12H20N8O. The average molecular weight is 292 g/mol. The van der Waals surface area contributed by atoms with Crippen LogP contribution in [0.1, 0.15) is 20.3 Å². The van der Waals surface area contributed by atoms with Gasteiger partial charge in [-0.15, -0.1) is 0 Å². The van der Waals surface area contributed by atoms with Crippen molar-refractivity contribution < 1.29 is 4.74 Å². The summed E-state index contributed by atoms with van der Waals surface area (Å²) in [7, 11) is 0. The molecule has 0 aliphatic rings. The maximum Gasteiger partial charge on any atom is 0.258 e. The molecule has 0 saturated carbocycles. The van der Waals surface area contributed by atoms with Crippen molar-refractivity contribution in [1.29, 1.82) is 0 Å². The van der Waals surface area contributed by atoms with Gasteiger partial charge in [-0.2, -0.15) is 24.7 Å². The minimum Gasteiger partial charge on any atom is -0.381 e. The Labute approximate surface area is 123 Å². The largest absolute Gasteiger partial charge is 0.381 e. The van der Waals surface area contributed by atoms with E-state index in [2.05, 4.69) is 44.2 Å². The van der Waals surface area contributed by atoms with Crippen molar-refractivity contribution in [3.8, 4) is 5.95 Å². The van der Waals surface area contributed by atoms with Crippen molar-refractivity contribution in [2.24, 2.45) is 5.92 Å². The fourth-order valence-electron chi connectivity index (χ4n) is 1.57. The maximum atomic E-state index is 5.66. The smallest absolute Gasteiger partial charge is 0.258 e. The second-order valence-electron chi connectivity index (χ2n) is 4.91. The molecule has 9 heteroatoms. The third-order valence-electron chi connectivity index (χ3n) is 2.46. The highest BCUT2D eigenvalue weighted by molar-refractivity contribution is 5.34. The number of anilines is 2. The third kappa shape index (κ3) is 4.95. The molecule has 114 valence electrons. The molecule has 2 rings (SSSR count). The Morgan fingerprint density at radius 1 is 1.33 bits per heavy atom. The molecule has 3 N–H and O–H groups in total. The Balaban J connectivity index is 1.83. The lowest BCUT2D eigenvalue weighted by Gasteiger charge is -2.08. The first kappa shape index (κ1) is 15.1. The quantitative estimate of drug-likeness (QED) is 0.676. The highest BCUT2D eigenvalue weighted by Crippen LogP contribution is 2.05. The van der Waals surface area contributed by atoms with E-state index in [0.717, 1.165) is 13.0 Å². The SMILES string of the molecule is CC(C)COCCCNc1nc(N)nc(-n2cncn2)n1. The van der Waals surface area contributed by atoms with Gasteiger partial charge in [0.05, 0.1) is 0 Å². The molecule has 0 unspecified atom stereocenters. The fraction of sp³-hybridized carbons (Fsp3) is 0.583. The predicted molar refractivity (Wildman–Crippen MR) is 77.9 cm³/mol. The minimum absolute atomic E-state index is 0.133. The summed E-state index contributed by atoms with van der Waals surface area (Å²) < 4.78 is 6.92. The summed E-state index contributed by atoms with van der Waals surface area (Å²) in [5.74, 6) is 1.43. The van der Waals surface area contributed by atoms with Crippen LogP contribution in [0.5, 0.6) is 0 Å². The van der Waals surface area contributed by atoms with Gasteiger partial charge in [0.25, 0.3) is 5.95 Å². The summed E-state index contributed by atoms with van der Waals surface area (Å²) in [4.78, 5) is 16.1. The van der Waals surface area contributed by atoms with Gasteiger partial charge in [-0.3, -0.25) is 0 Å². The molecule has 9 nitrogen and oxygen atoms in total.